The van der Waals surface area contributed by atoms with Crippen LogP contribution in [-0.2, 0) is 4.79 Å². The summed E-state index contributed by atoms with van der Waals surface area (Å²) in [7, 11) is 0. The number of benzene rings is 2. The lowest BCUT2D eigenvalue weighted by Gasteiger charge is -2.18. The molecule has 2 aromatic carbocycles. The molecule has 0 spiro atoms. The van der Waals surface area contributed by atoms with Gasteiger partial charge in [0.05, 0.1) is 17.1 Å². The minimum atomic E-state index is -0.221. The van der Waals surface area contributed by atoms with E-state index in [4.69, 9.17) is 4.74 Å². The van der Waals surface area contributed by atoms with E-state index in [0.717, 1.165) is 16.4 Å². The van der Waals surface area contributed by atoms with Crippen molar-refractivity contribution < 1.29 is 14.3 Å². The van der Waals surface area contributed by atoms with Crippen LogP contribution in [0.1, 0.15) is 15.9 Å². The quantitative estimate of drug-likeness (QED) is 0.543. The number of aryl methyl sites for hydroxylation is 1. The molecule has 0 fully saturated rings. The van der Waals surface area contributed by atoms with Gasteiger partial charge in [-0.2, -0.15) is 0 Å². The number of para-hydroxylation sites is 1. The molecule has 1 aliphatic rings. The van der Waals surface area contributed by atoms with Crippen molar-refractivity contribution in [3.63, 3.8) is 0 Å². The van der Waals surface area contributed by atoms with Crippen LogP contribution in [0.2, 0.25) is 0 Å². The lowest BCUT2D eigenvalue weighted by molar-refractivity contribution is -0.118. The number of aromatic nitrogens is 2. The largest absolute Gasteiger partial charge is 0.482 e. The summed E-state index contributed by atoms with van der Waals surface area (Å²) < 4.78 is 7.30. The minimum Gasteiger partial charge on any atom is -0.482 e. The average molecular weight is 379 g/mol. The summed E-state index contributed by atoms with van der Waals surface area (Å²) in [6, 6.07) is 13.1. The van der Waals surface area contributed by atoms with E-state index >= 15 is 0 Å². The van der Waals surface area contributed by atoms with Crippen molar-refractivity contribution in [2.24, 2.45) is 0 Å². The monoisotopic (exact) mass is 379 g/mol. The summed E-state index contributed by atoms with van der Waals surface area (Å²) in [5.74, 6) is 0.564. The lowest BCUT2D eigenvalue weighted by atomic mass is 10.1. The number of Topliss-reactive ketones (excluding diaryl/α,β-unsaturated/α-hetero) is 1. The second-order valence-corrected chi connectivity index (χ2v) is 7.07. The predicted molar refractivity (Wildman–Crippen MR) is 104 cm³/mol. The Morgan fingerprint density at radius 3 is 3.00 bits per heavy atom. The van der Waals surface area contributed by atoms with Gasteiger partial charge in [-0.05, 0) is 36.8 Å². The van der Waals surface area contributed by atoms with Crippen molar-refractivity contribution in [1.82, 2.24) is 9.55 Å². The van der Waals surface area contributed by atoms with Crippen LogP contribution in [-0.4, -0.2) is 33.6 Å². The van der Waals surface area contributed by atoms with Crippen molar-refractivity contribution in [2.45, 2.75) is 12.1 Å². The van der Waals surface area contributed by atoms with Gasteiger partial charge in [-0.3, -0.25) is 14.2 Å². The number of anilines is 1. The number of nitrogens with zero attached hydrogens (tertiary/aromatic N) is 2. The van der Waals surface area contributed by atoms with Gasteiger partial charge in [-0.25, -0.2) is 4.98 Å². The topological polar surface area (TPSA) is 73.2 Å². The standard InChI is InChI=1S/C20H17N3O3S/c1-13-4-2-3-5-16(13)23-9-8-21-20(23)27-12-17(24)14-6-7-18-15(10-14)22-19(25)11-26-18/h2-10H,11-12H2,1H3,(H,22,25). The number of nitrogens with one attached hydrogen (secondary N) is 1. The Labute approximate surface area is 160 Å². The van der Waals surface area contributed by atoms with Crippen molar-refractivity contribution in [3.8, 4) is 11.4 Å². The summed E-state index contributed by atoms with van der Waals surface area (Å²) in [5, 5.41) is 3.48. The highest BCUT2D eigenvalue weighted by Crippen LogP contribution is 2.29. The molecule has 0 radical (unpaired) electrons. The van der Waals surface area contributed by atoms with E-state index in [1.165, 1.54) is 11.8 Å². The second kappa shape index (κ2) is 7.28. The predicted octanol–water partition coefficient (Wildman–Crippen LogP) is 3.49. The Bertz CT molecular complexity index is 1030. The van der Waals surface area contributed by atoms with Gasteiger partial charge in [-0.15, -0.1) is 0 Å². The van der Waals surface area contributed by atoms with Gasteiger partial charge in [0.25, 0.3) is 5.91 Å². The first kappa shape index (κ1) is 17.4. The van der Waals surface area contributed by atoms with Crippen molar-refractivity contribution in [2.75, 3.05) is 17.7 Å². The molecular formula is C20H17N3O3S. The van der Waals surface area contributed by atoms with Crippen molar-refractivity contribution >= 4 is 29.1 Å². The van der Waals surface area contributed by atoms with Crippen LogP contribution < -0.4 is 10.1 Å². The Morgan fingerprint density at radius 2 is 2.15 bits per heavy atom. The summed E-state index contributed by atoms with van der Waals surface area (Å²) in [6.07, 6.45) is 3.62. The SMILES string of the molecule is Cc1ccccc1-n1ccnc1SCC(=O)c1ccc2c(c1)NC(=O)CO2. The number of ketones is 1. The molecule has 1 aliphatic heterocycles. The Morgan fingerprint density at radius 1 is 1.30 bits per heavy atom. The molecule has 0 unspecified atom stereocenters. The first-order valence-corrected chi connectivity index (χ1v) is 9.42. The molecule has 27 heavy (non-hydrogen) atoms. The van der Waals surface area contributed by atoms with Gasteiger partial charge < -0.3 is 10.1 Å². The Balaban J connectivity index is 1.50. The summed E-state index contributed by atoms with van der Waals surface area (Å²) in [4.78, 5) is 28.4. The van der Waals surface area contributed by atoms with E-state index in [2.05, 4.69) is 10.3 Å². The molecular weight excluding hydrogens is 362 g/mol. The molecule has 0 saturated heterocycles. The zero-order valence-corrected chi connectivity index (χ0v) is 15.5. The third kappa shape index (κ3) is 3.59. The average Bonchev–Trinajstić information content (AvgIpc) is 3.14. The lowest BCUT2D eigenvalue weighted by Crippen LogP contribution is -2.25. The van der Waals surface area contributed by atoms with Crippen LogP contribution in [0.3, 0.4) is 0 Å². The fourth-order valence-corrected chi connectivity index (χ4v) is 3.74. The van der Waals surface area contributed by atoms with Crippen LogP contribution in [0.5, 0.6) is 5.75 Å². The molecule has 136 valence electrons. The molecule has 3 aromatic rings. The van der Waals surface area contributed by atoms with Gasteiger partial charge in [0.2, 0.25) is 0 Å². The minimum absolute atomic E-state index is 0.00228. The molecule has 4 rings (SSSR count). The van der Waals surface area contributed by atoms with E-state index in [9.17, 15) is 9.59 Å². The zero-order valence-electron chi connectivity index (χ0n) is 14.6. The Kier molecular flexibility index (Phi) is 4.68. The number of thioether (sulfide) groups is 1. The number of rotatable bonds is 5. The molecule has 0 saturated carbocycles. The number of fused-ring (bicyclic) bond motifs is 1. The van der Waals surface area contributed by atoms with E-state index in [1.807, 2.05) is 42.0 Å². The molecule has 1 N–H and O–H groups in total. The molecule has 0 bridgehead atoms. The van der Waals surface area contributed by atoms with Gasteiger partial charge in [0, 0.05) is 18.0 Å². The van der Waals surface area contributed by atoms with E-state index in [0.29, 0.717) is 17.0 Å². The number of hydrogen-bond donors (Lipinski definition) is 1. The smallest absolute Gasteiger partial charge is 0.262 e. The first-order chi connectivity index (χ1) is 13.1. The van der Waals surface area contributed by atoms with Crippen LogP contribution in [0.25, 0.3) is 5.69 Å². The number of ether oxygens (including phenoxy) is 1. The van der Waals surface area contributed by atoms with Crippen molar-refractivity contribution in [1.29, 1.82) is 0 Å². The maximum Gasteiger partial charge on any atom is 0.262 e. The fourth-order valence-electron chi connectivity index (χ4n) is 2.88. The molecule has 7 heteroatoms. The summed E-state index contributed by atoms with van der Waals surface area (Å²) in [6.45, 7) is 2.04. The maximum absolute atomic E-state index is 12.6. The van der Waals surface area contributed by atoms with Gasteiger partial charge >= 0.3 is 0 Å². The molecule has 1 amide bonds. The van der Waals surface area contributed by atoms with Crippen LogP contribution in [0.15, 0.2) is 60.0 Å². The maximum atomic E-state index is 12.6. The molecule has 2 heterocycles. The van der Waals surface area contributed by atoms with E-state index in [1.54, 1.807) is 24.4 Å². The van der Waals surface area contributed by atoms with Gasteiger partial charge in [0.1, 0.15) is 5.75 Å². The normalized spacial score (nSPS) is 12.9. The van der Waals surface area contributed by atoms with Crippen LogP contribution >= 0.6 is 11.8 Å². The fraction of sp³-hybridized carbons (Fsp3) is 0.150. The summed E-state index contributed by atoms with van der Waals surface area (Å²) >= 11 is 1.38. The number of carbonyl (C=O) groups is 2. The molecule has 0 atom stereocenters. The third-order valence-corrected chi connectivity index (χ3v) is 5.22. The molecule has 6 nitrogen and oxygen atoms in total. The van der Waals surface area contributed by atoms with Crippen molar-refractivity contribution in [3.05, 3.63) is 66.0 Å². The highest BCUT2D eigenvalue weighted by Gasteiger charge is 2.18. The molecule has 0 aliphatic carbocycles. The number of amides is 1. The van der Waals surface area contributed by atoms with E-state index in [-0.39, 0.29) is 24.1 Å². The number of hydrogen-bond acceptors (Lipinski definition) is 5. The Hall–Kier alpha value is -3.06. The summed E-state index contributed by atoms with van der Waals surface area (Å²) in [5.41, 5.74) is 3.23. The highest BCUT2D eigenvalue weighted by molar-refractivity contribution is 7.99. The third-order valence-electron chi connectivity index (χ3n) is 4.25. The van der Waals surface area contributed by atoms with Crippen LogP contribution in [0.4, 0.5) is 5.69 Å². The highest BCUT2D eigenvalue weighted by atomic mass is 32.2. The second-order valence-electron chi connectivity index (χ2n) is 6.13. The van der Waals surface area contributed by atoms with E-state index < -0.39 is 0 Å². The van der Waals surface area contributed by atoms with Gasteiger partial charge in [0.15, 0.2) is 17.5 Å². The zero-order chi connectivity index (χ0) is 18.8. The number of carbonyl (C=O) groups excluding carboxylic acids is 2. The van der Waals surface area contributed by atoms with Crippen LogP contribution in [0, 0.1) is 6.92 Å². The number of imidazole rings is 1. The van der Waals surface area contributed by atoms with Gasteiger partial charge in [-0.1, -0.05) is 30.0 Å². The first-order valence-electron chi connectivity index (χ1n) is 8.44. The molecule has 1 aromatic heterocycles.